The molecule has 0 radical (unpaired) electrons. The van der Waals surface area contributed by atoms with Gasteiger partial charge >= 0.3 is 6.36 Å². The van der Waals surface area contributed by atoms with E-state index >= 15 is 0 Å². The van der Waals surface area contributed by atoms with Gasteiger partial charge in [0.2, 0.25) is 0 Å². The van der Waals surface area contributed by atoms with Gasteiger partial charge in [-0.25, -0.2) is 0 Å². The maximum atomic E-state index is 13.2. The summed E-state index contributed by atoms with van der Waals surface area (Å²) in [5.41, 5.74) is 0.612. The number of alkyl halides is 3. The maximum Gasteiger partial charge on any atom is 0.573 e. The summed E-state index contributed by atoms with van der Waals surface area (Å²) in [6.07, 6.45) is -4.85. The highest BCUT2D eigenvalue weighted by Crippen LogP contribution is 2.36. The summed E-state index contributed by atoms with van der Waals surface area (Å²) in [4.78, 5) is 27.4. The number of ether oxygens (including phenoxy) is 2. The van der Waals surface area contributed by atoms with Crippen LogP contribution in [0.25, 0.3) is 5.57 Å². The Morgan fingerprint density at radius 2 is 1.74 bits per heavy atom. The largest absolute Gasteiger partial charge is 0.573 e. The Labute approximate surface area is 177 Å². The molecule has 0 aromatic heterocycles. The van der Waals surface area contributed by atoms with Crippen molar-refractivity contribution >= 4 is 23.1 Å². The molecule has 9 heteroatoms. The zero-order chi connectivity index (χ0) is 22.8. The fourth-order valence-electron chi connectivity index (χ4n) is 3.24. The van der Waals surface area contributed by atoms with Gasteiger partial charge in [-0.1, -0.05) is 38.1 Å². The van der Waals surface area contributed by atoms with Crippen LogP contribution < -0.4 is 14.8 Å². The highest BCUT2D eigenvalue weighted by molar-refractivity contribution is 6.37. The highest BCUT2D eigenvalue weighted by Gasteiger charge is 2.40. The predicted molar refractivity (Wildman–Crippen MR) is 108 cm³/mol. The molecule has 0 saturated heterocycles. The van der Waals surface area contributed by atoms with Crippen molar-refractivity contribution in [3.8, 4) is 11.5 Å². The number of nitrogens with zero attached hydrogens (tertiary/aromatic N) is 1. The quantitative estimate of drug-likeness (QED) is 0.653. The SMILES string of the molecule is COc1ccccc1C1=C(Nc2cccc(OC(F)(F)F)c2)C(=O)N(CC(C)C)C1=O. The molecule has 0 spiro atoms. The van der Waals surface area contributed by atoms with E-state index in [0.717, 1.165) is 17.0 Å². The number of imide groups is 1. The van der Waals surface area contributed by atoms with Crippen molar-refractivity contribution in [3.63, 3.8) is 0 Å². The summed E-state index contributed by atoms with van der Waals surface area (Å²) >= 11 is 0. The van der Waals surface area contributed by atoms with E-state index in [1.54, 1.807) is 24.3 Å². The van der Waals surface area contributed by atoms with Gasteiger partial charge in [0.15, 0.2) is 0 Å². The molecule has 0 saturated carbocycles. The molecule has 2 amide bonds. The Kier molecular flexibility index (Phi) is 6.24. The van der Waals surface area contributed by atoms with Gasteiger partial charge in [0.25, 0.3) is 11.8 Å². The first-order valence-corrected chi connectivity index (χ1v) is 9.47. The lowest BCUT2D eigenvalue weighted by atomic mass is 10.0. The van der Waals surface area contributed by atoms with Crippen molar-refractivity contribution in [1.82, 2.24) is 4.90 Å². The van der Waals surface area contributed by atoms with Gasteiger partial charge in [-0.05, 0) is 24.1 Å². The van der Waals surface area contributed by atoms with Crippen LogP contribution in [0.2, 0.25) is 0 Å². The molecule has 164 valence electrons. The molecule has 2 aromatic carbocycles. The number of amides is 2. The van der Waals surface area contributed by atoms with E-state index in [0.29, 0.717) is 11.3 Å². The predicted octanol–water partition coefficient (Wildman–Crippen LogP) is 4.44. The number of carbonyl (C=O) groups excluding carboxylic acids is 2. The molecule has 0 atom stereocenters. The van der Waals surface area contributed by atoms with Crippen LogP contribution in [0.5, 0.6) is 11.5 Å². The van der Waals surface area contributed by atoms with Crippen LogP contribution in [0.4, 0.5) is 18.9 Å². The number of hydrogen-bond acceptors (Lipinski definition) is 5. The summed E-state index contributed by atoms with van der Waals surface area (Å²) in [5, 5.41) is 2.82. The zero-order valence-electron chi connectivity index (χ0n) is 17.1. The average Bonchev–Trinajstić information content (AvgIpc) is 2.91. The van der Waals surface area contributed by atoms with Gasteiger partial charge in [0.1, 0.15) is 17.2 Å². The van der Waals surface area contributed by atoms with E-state index in [4.69, 9.17) is 4.74 Å². The first-order chi connectivity index (χ1) is 14.6. The summed E-state index contributed by atoms with van der Waals surface area (Å²) in [6, 6.07) is 11.8. The van der Waals surface area contributed by atoms with Crippen molar-refractivity contribution in [2.75, 3.05) is 19.0 Å². The number of hydrogen-bond donors (Lipinski definition) is 1. The standard InChI is InChI=1S/C22H21F3N2O4/c1-13(2)12-27-20(28)18(16-9-4-5-10-17(16)30-3)19(21(27)29)26-14-7-6-8-15(11-14)31-22(23,24)25/h4-11,13,26H,12H2,1-3H3. The minimum atomic E-state index is -4.85. The minimum absolute atomic E-state index is 0.0229. The average molecular weight is 434 g/mol. The Hall–Kier alpha value is -3.49. The van der Waals surface area contributed by atoms with Crippen LogP contribution in [-0.2, 0) is 9.59 Å². The van der Waals surface area contributed by atoms with Gasteiger partial charge in [-0.3, -0.25) is 14.5 Å². The van der Waals surface area contributed by atoms with Crippen molar-refractivity contribution in [1.29, 1.82) is 0 Å². The third-order valence-electron chi connectivity index (χ3n) is 4.43. The molecule has 1 aliphatic rings. The van der Waals surface area contributed by atoms with E-state index < -0.39 is 23.9 Å². The molecule has 0 unspecified atom stereocenters. The molecule has 6 nitrogen and oxygen atoms in total. The van der Waals surface area contributed by atoms with Crippen LogP contribution in [0.15, 0.2) is 54.2 Å². The molecular formula is C22H21F3N2O4. The number of benzene rings is 2. The van der Waals surface area contributed by atoms with Crippen LogP contribution in [0, 0.1) is 5.92 Å². The third kappa shape index (κ3) is 4.99. The number of rotatable bonds is 7. The van der Waals surface area contributed by atoms with Crippen LogP contribution in [0.3, 0.4) is 0 Å². The molecule has 0 aliphatic carbocycles. The first kappa shape index (κ1) is 22.2. The number of halogens is 3. The fourth-order valence-corrected chi connectivity index (χ4v) is 3.24. The van der Waals surface area contributed by atoms with E-state index in [2.05, 4.69) is 10.1 Å². The van der Waals surface area contributed by atoms with Gasteiger partial charge in [0.05, 0.1) is 12.7 Å². The lowest BCUT2D eigenvalue weighted by Crippen LogP contribution is -2.35. The van der Waals surface area contributed by atoms with E-state index in [1.165, 1.54) is 19.2 Å². The van der Waals surface area contributed by atoms with E-state index in [9.17, 15) is 22.8 Å². The second kappa shape index (κ2) is 8.71. The van der Waals surface area contributed by atoms with E-state index in [-0.39, 0.29) is 29.4 Å². The van der Waals surface area contributed by atoms with Crippen LogP contribution in [0.1, 0.15) is 19.4 Å². The fraction of sp³-hybridized carbons (Fsp3) is 0.273. The minimum Gasteiger partial charge on any atom is -0.496 e. The Bertz CT molecular complexity index is 1030. The number of carbonyl (C=O) groups is 2. The maximum absolute atomic E-state index is 13.2. The van der Waals surface area contributed by atoms with Gasteiger partial charge < -0.3 is 14.8 Å². The Morgan fingerprint density at radius 1 is 1.03 bits per heavy atom. The summed E-state index contributed by atoms with van der Waals surface area (Å²) < 4.78 is 47.0. The van der Waals surface area contributed by atoms with Crippen LogP contribution >= 0.6 is 0 Å². The number of methoxy groups -OCH3 is 1. The van der Waals surface area contributed by atoms with E-state index in [1.807, 2.05) is 13.8 Å². The third-order valence-corrected chi connectivity index (χ3v) is 4.43. The number of para-hydroxylation sites is 1. The van der Waals surface area contributed by atoms with Gasteiger partial charge in [0, 0.05) is 23.9 Å². The molecular weight excluding hydrogens is 413 g/mol. The van der Waals surface area contributed by atoms with Crippen molar-refractivity contribution < 1.29 is 32.2 Å². The van der Waals surface area contributed by atoms with Crippen molar-refractivity contribution in [3.05, 3.63) is 59.8 Å². The molecule has 3 rings (SSSR count). The zero-order valence-corrected chi connectivity index (χ0v) is 17.1. The second-order valence-electron chi connectivity index (χ2n) is 7.27. The lowest BCUT2D eigenvalue weighted by Gasteiger charge is -2.17. The number of anilines is 1. The smallest absolute Gasteiger partial charge is 0.496 e. The molecule has 31 heavy (non-hydrogen) atoms. The Morgan fingerprint density at radius 3 is 2.39 bits per heavy atom. The topological polar surface area (TPSA) is 67.9 Å². The second-order valence-corrected chi connectivity index (χ2v) is 7.27. The van der Waals surface area contributed by atoms with Gasteiger partial charge in [-0.15, -0.1) is 13.2 Å². The van der Waals surface area contributed by atoms with Crippen molar-refractivity contribution in [2.45, 2.75) is 20.2 Å². The highest BCUT2D eigenvalue weighted by atomic mass is 19.4. The summed E-state index contributed by atoms with van der Waals surface area (Å²) in [7, 11) is 1.44. The normalized spacial score (nSPS) is 14.5. The van der Waals surface area contributed by atoms with Gasteiger partial charge in [-0.2, -0.15) is 0 Å². The lowest BCUT2D eigenvalue weighted by molar-refractivity contribution is -0.274. The van der Waals surface area contributed by atoms with Crippen LogP contribution in [-0.4, -0.2) is 36.7 Å². The first-order valence-electron chi connectivity index (χ1n) is 9.47. The molecule has 1 heterocycles. The monoisotopic (exact) mass is 434 g/mol. The summed E-state index contributed by atoms with van der Waals surface area (Å²) in [5.74, 6) is -1.11. The Balaban J connectivity index is 2.06. The molecule has 0 bridgehead atoms. The molecule has 1 aliphatic heterocycles. The molecule has 2 aromatic rings. The molecule has 0 fully saturated rings. The number of nitrogens with one attached hydrogen (secondary N) is 1. The summed E-state index contributed by atoms with van der Waals surface area (Å²) in [6.45, 7) is 3.93. The molecule has 1 N–H and O–H groups in total. The van der Waals surface area contributed by atoms with Crippen molar-refractivity contribution in [2.24, 2.45) is 5.92 Å².